The Morgan fingerprint density at radius 3 is 2.44 bits per heavy atom. The van der Waals surface area contributed by atoms with E-state index < -0.39 is 10.8 Å². The molecule has 0 amide bonds. The number of hydrogen-bond acceptors (Lipinski definition) is 4. The molecule has 0 unspecified atom stereocenters. The minimum absolute atomic E-state index is 0.223. The van der Waals surface area contributed by atoms with Crippen molar-refractivity contribution in [1.29, 1.82) is 5.26 Å². The lowest BCUT2D eigenvalue weighted by atomic mass is 9.81. The van der Waals surface area contributed by atoms with E-state index in [-0.39, 0.29) is 12.6 Å². The molecule has 4 nitrogen and oxygen atoms in total. The van der Waals surface area contributed by atoms with Crippen molar-refractivity contribution in [3.05, 3.63) is 0 Å². The standard InChI is InChI=1S/C12H20N2O2/c1-11(2,3)10(15)16-9-12(8-13)4-6-14-7-5-12/h14H,4-7,9H2,1-3H3. The summed E-state index contributed by atoms with van der Waals surface area (Å²) >= 11 is 0. The number of nitrogens with zero attached hydrogens (tertiary/aromatic N) is 1. The van der Waals surface area contributed by atoms with Crippen LogP contribution in [0.15, 0.2) is 0 Å². The smallest absolute Gasteiger partial charge is 0.311 e. The second-order valence-corrected chi connectivity index (χ2v) is 5.47. The number of nitrogens with one attached hydrogen (secondary N) is 1. The summed E-state index contributed by atoms with van der Waals surface area (Å²) in [5.74, 6) is -0.236. The summed E-state index contributed by atoms with van der Waals surface area (Å²) in [6, 6.07) is 2.31. The molecule has 90 valence electrons. The number of ether oxygens (including phenoxy) is 1. The molecule has 0 atom stereocenters. The average molecular weight is 224 g/mol. The predicted octanol–water partition coefficient (Wildman–Crippen LogP) is 1.47. The SMILES string of the molecule is CC(C)(C)C(=O)OCC1(C#N)CCNCC1. The van der Waals surface area contributed by atoms with Gasteiger partial charge in [-0.05, 0) is 46.7 Å². The lowest BCUT2D eigenvalue weighted by molar-refractivity contribution is -0.156. The van der Waals surface area contributed by atoms with Gasteiger partial charge in [0.05, 0.1) is 16.9 Å². The molecule has 1 heterocycles. The van der Waals surface area contributed by atoms with E-state index in [1.807, 2.05) is 20.8 Å². The summed E-state index contributed by atoms with van der Waals surface area (Å²) in [5.41, 5.74) is -0.976. The molecule has 1 saturated heterocycles. The number of carbonyl (C=O) groups is 1. The first kappa shape index (κ1) is 13.0. The second kappa shape index (κ2) is 4.84. The molecule has 4 heteroatoms. The second-order valence-electron chi connectivity index (χ2n) is 5.47. The monoisotopic (exact) mass is 224 g/mol. The fourth-order valence-corrected chi connectivity index (χ4v) is 1.61. The Morgan fingerprint density at radius 1 is 1.44 bits per heavy atom. The molecule has 1 aliphatic rings. The molecule has 1 fully saturated rings. The third-order valence-electron chi connectivity index (χ3n) is 2.89. The summed E-state index contributed by atoms with van der Waals surface area (Å²) in [5, 5.41) is 12.4. The van der Waals surface area contributed by atoms with E-state index in [2.05, 4.69) is 11.4 Å². The van der Waals surface area contributed by atoms with Gasteiger partial charge in [-0.2, -0.15) is 5.26 Å². The molecular weight excluding hydrogens is 204 g/mol. The third kappa shape index (κ3) is 3.21. The minimum atomic E-state index is -0.496. The van der Waals surface area contributed by atoms with Gasteiger partial charge in [0.25, 0.3) is 0 Å². The molecule has 0 aromatic carbocycles. The summed E-state index contributed by atoms with van der Waals surface area (Å²) in [6.07, 6.45) is 1.50. The topological polar surface area (TPSA) is 62.1 Å². The van der Waals surface area contributed by atoms with E-state index in [1.54, 1.807) is 0 Å². The molecule has 1 N–H and O–H groups in total. The fraction of sp³-hybridized carbons (Fsp3) is 0.833. The Morgan fingerprint density at radius 2 is 2.00 bits per heavy atom. The Hall–Kier alpha value is -1.08. The quantitative estimate of drug-likeness (QED) is 0.721. The van der Waals surface area contributed by atoms with Crippen molar-refractivity contribution in [1.82, 2.24) is 5.32 Å². The highest BCUT2D eigenvalue weighted by Gasteiger charge is 2.35. The molecule has 16 heavy (non-hydrogen) atoms. The van der Waals surface area contributed by atoms with Crippen LogP contribution in [0, 0.1) is 22.2 Å². The van der Waals surface area contributed by atoms with Gasteiger partial charge in [0, 0.05) is 0 Å². The lowest BCUT2D eigenvalue weighted by Gasteiger charge is -2.31. The number of rotatable bonds is 2. The first-order valence-electron chi connectivity index (χ1n) is 5.69. The van der Waals surface area contributed by atoms with E-state index in [0.29, 0.717) is 0 Å². The van der Waals surface area contributed by atoms with Crippen molar-refractivity contribution in [2.45, 2.75) is 33.6 Å². The van der Waals surface area contributed by atoms with Crippen molar-refractivity contribution in [3.8, 4) is 6.07 Å². The maximum absolute atomic E-state index is 11.6. The first-order valence-corrected chi connectivity index (χ1v) is 5.69. The van der Waals surface area contributed by atoms with Crippen LogP contribution in [0.2, 0.25) is 0 Å². The summed E-state index contributed by atoms with van der Waals surface area (Å²) in [7, 11) is 0. The summed E-state index contributed by atoms with van der Waals surface area (Å²) in [4.78, 5) is 11.6. The Kier molecular flexibility index (Phi) is 3.93. The molecular formula is C12H20N2O2. The zero-order chi connectivity index (χ0) is 12.2. The van der Waals surface area contributed by atoms with Crippen LogP contribution in [0.25, 0.3) is 0 Å². The molecule has 1 rings (SSSR count). The van der Waals surface area contributed by atoms with Crippen molar-refractivity contribution in [2.24, 2.45) is 10.8 Å². The van der Waals surface area contributed by atoms with Crippen LogP contribution < -0.4 is 5.32 Å². The normalized spacial score (nSPS) is 19.9. The highest BCUT2D eigenvalue weighted by molar-refractivity contribution is 5.75. The zero-order valence-corrected chi connectivity index (χ0v) is 10.3. The van der Waals surface area contributed by atoms with E-state index in [1.165, 1.54) is 0 Å². The van der Waals surface area contributed by atoms with Crippen LogP contribution in [0.1, 0.15) is 33.6 Å². The van der Waals surface area contributed by atoms with Gasteiger partial charge >= 0.3 is 5.97 Å². The summed E-state index contributed by atoms with van der Waals surface area (Å²) < 4.78 is 5.25. The van der Waals surface area contributed by atoms with Gasteiger partial charge in [0.15, 0.2) is 0 Å². The molecule has 0 aliphatic carbocycles. The molecule has 0 aromatic rings. The third-order valence-corrected chi connectivity index (χ3v) is 2.89. The van der Waals surface area contributed by atoms with Gasteiger partial charge < -0.3 is 10.1 Å². The number of hydrogen-bond donors (Lipinski definition) is 1. The van der Waals surface area contributed by atoms with Crippen molar-refractivity contribution in [2.75, 3.05) is 19.7 Å². The fourth-order valence-electron chi connectivity index (χ4n) is 1.61. The van der Waals surface area contributed by atoms with Crippen LogP contribution in [-0.4, -0.2) is 25.7 Å². The van der Waals surface area contributed by atoms with Crippen molar-refractivity contribution in [3.63, 3.8) is 0 Å². The zero-order valence-electron chi connectivity index (χ0n) is 10.3. The molecule has 0 saturated carbocycles. The van der Waals surface area contributed by atoms with Gasteiger partial charge in [0.2, 0.25) is 0 Å². The minimum Gasteiger partial charge on any atom is -0.464 e. The predicted molar refractivity (Wildman–Crippen MR) is 60.6 cm³/mol. The number of piperidine rings is 1. The van der Waals surface area contributed by atoms with Gasteiger partial charge in [-0.3, -0.25) is 4.79 Å². The Labute approximate surface area is 97.0 Å². The van der Waals surface area contributed by atoms with Crippen molar-refractivity contribution < 1.29 is 9.53 Å². The Bertz CT molecular complexity index is 293. The molecule has 0 radical (unpaired) electrons. The maximum Gasteiger partial charge on any atom is 0.311 e. The lowest BCUT2D eigenvalue weighted by Crippen LogP contribution is -2.40. The van der Waals surface area contributed by atoms with E-state index >= 15 is 0 Å². The van der Waals surface area contributed by atoms with Gasteiger partial charge in [-0.25, -0.2) is 0 Å². The number of esters is 1. The summed E-state index contributed by atoms with van der Waals surface area (Å²) in [6.45, 7) is 7.31. The van der Waals surface area contributed by atoms with Crippen LogP contribution in [-0.2, 0) is 9.53 Å². The number of nitriles is 1. The van der Waals surface area contributed by atoms with Crippen LogP contribution in [0.5, 0.6) is 0 Å². The van der Waals surface area contributed by atoms with E-state index in [9.17, 15) is 10.1 Å². The van der Waals surface area contributed by atoms with Crippen LogP contribution in [0.3, 0.4) is 0 Å². The highest BCUT2D eigenvalue weighted by Crippen LogP contribution is 2.29. The molecule has 0 bridgehead atoms. The van der Waals surface area contributed by atoms with Crippen molar-refractivity contribution >= 4 is 5.97 Å². The molecule has 0 aromatic heterocycles. The average Bonchev–Trinajstić information content (AvgIpc) is 2.26. The van der Waals surface area contributed by atoms with Crippen LogP contribution in [0.4, 0.5) is 0 Å². The number of carbonyl (C=O) groups excluding carboxylic acids is 1. The first-order chi connectivity index (χ1) is 7.40. The largest absolute Gasteiger partial charge is 0.464 e. The highest BCUT2D eigenvalue weighted by atomic mass is 16.5. The molecule has 0 spiro atoms. The van der Waals surface area contributed by atoms with E-state index in [0.717, 1.165) is 25.9 Å². The van der Waals surface area contributed by atoms with Gasteiger partial charge in [-0.1, -0.05) is 0 Å². The van der Waals surface area contributed by atoms with Crippen LogP contribution >= 0.6 is 0 Å². The van der Waals surface area contributed by atoms with Gasteiger partial charge in [0.1, 0.15) is 6.61 Å². The van der Waals surface area contributed by atoms with E-state index in [4.69, 9.17) is 4.74 Å². The van der Waals surface area contributed by atoms with Gasteiger partial charge in [-0.15, -0.1) is 0 Å². The Balaban J connectivity index is 2.52. The molecule has 1 aliphatic heterocycles. The maximum atomic E-state index is 11.6.